The van der Waals surface area contributed by atoms with Crippen molar-refractivity contribution in [3.8, 4) is 17.1 Å². The van der Waals surface area contributed by atoms with Crippen LogP contribution < -0.4 is 4.90 Å². The van der Waals surface area contributed by atoms with Gasteiger partial charge >= 0.3 is 0 Å². The van der Waals surface area contributed by atoms with Crippen LogP contribution in [0.25, 0.3) is 33.6 Å². The van der Waals surface area contributed by atoms with E-state index in [1.54, 1.807) is 24.4 Å². The van der Waals surface area contributed by atoms with E-state index in [4.69, 9.17) is 19.1 Å². The number of fused-ring (bicyclic) bond motifs is 3. The maximum absolute atomic E-state index is 9.83. The molecule has 133 valence electrons. The van der Waals surface area contributed by atoms with Crippen molar-refractivity contribution in [3.63, 3.8) is 0 Å². The SMILES string of the molecule is Oc1cccc(-c2nc(N3CCOCC3)c3oc4ncccc4c3n2)c1.[Y]. The minimum atomic E-state index is 0. The Balaban J connectivity index is 0.00000180. The monoisotopic (exact) mass is 437 g/mol. The standard InChI is InChI=1S/C19H16N4O3.Y/c24-13-4-1-3-12(11-13)17-21-15-14-5-2-6-20-19(14)26-16(15)18(22-17)23-7-9-25-10-8-23;/h1-6,11,24H,7-10H2;. The fraction of sp³-hybridized carbons (Fsp3) is 0.211. The maximum atomic E-state index is 9.83. The Morgan fingerprint density at radius 1 is 1.04 bits per heavy atom. The number of benzene rings is 1. The summed E-state index contributed by atoms with van der Waals surface area (Å²) in [5.74, 6) is 1.45. The van der Waals surface area contributed by atoms with Crippen molar-refractivity contribution in [2.24, 2.45) is 0 Å². The summed E-state index contributed by atoms with van der Waals surface area (Å²) >= 11 is 0. The van der Waals surface area contributed by atoms with Crippen LogP contribution in [0.1, 0.15) is 0 Å². The van der Waals surface area contributed by atoms with Gasteiger partial charge in [-0.25, -0.2) is 15.0 Å². The van der Waals surface area contributed by atoms with Gasteiger partial charge in [0.15, 0.2) is 17.2 Å². The molecule has 1 N–H and O–H groups in total. The minimum absolute atomic E-state index is 0. The predicted molar refractivity (Wildman–Crippen MR) is 97.2 cm³/mol. The number of phenolic OH excluding ortho intramolecular Hbond substituents is 1. The molecule has 0 unspecified atom stereocenters. The molecule has 1 aliphatic heterocycles. The van der Waals surface area contributed by atoms with Crippen LogP contribution in [0, 0.1) is 0 Å². The first-order chi connectivity index (χ1) is 12.8. The summed E-state index contributed by atoms with van der Waals surface area (Å²) in [6.07, 6.45) is 1.70. The Labute approximate surface area is 180 Å². The zero-order valence-corrected chi connectivity index (χ0v) is 17.3. The second-order valence-corrected chi connectivity index (χ2v) is 6.16. The molecule has 0 aliphatic carbocycles. The van der Waals surface area contributed by atoms with Crippen molar-refractivity contribution in [1.29, 1.82) is 0 Å². The van der Waals surface area contributed by atoms with Gasteiger partial charge in [0.25, 0.3) is 0 Å². The van der Waals surface area contributed by atoms with Gasteiger partial charge in [0.1, 0.15) is 11.3 Å². The molecule has 1 aliphatic rings. The number of aromatic nitrogens is 3. The van der Waals surface area contributed by atoms with Gasteiger partial charge in [-0.15, -0.1) is 0 Å². The van der Waals surface area contributed by atoms with E-state index in [1.165, 1.54) is 0 Å². The first-order valence-electron chi connectivity index (χ1n) is 8.47. The van der Waals surface area contributed by atoms with E-state index in [9.17, 15) is 5.11 Å². The van der Waals surface area contributed by atoms with Crippen molar-refractivity contribution in [2.75, 3.05) is 31.2 Å². The summed E-state index contributed by atoms with van der Waals surface area (Å²) < 4.78 is 11.4. The van der Waals surface area contributed by atoms with Crippen LogP contribution in [0.3, 0.4) is 0 Å². The second-order valence-electron chi connectivity index (χ2n) is 6.16. The van der Waals surface area contributed by atoms with Crippen LogP contribution in [-0.4, -0.2) is 46.4 Å². The number of hydrogen-bond donors (Lipinski definition) is 1. The largest absolute Gasteiger partial charge is 0.508 e. The van der Waals surface area contributed by atoms with Gasteiger partial charge in [-0.05, 0) is 24.3 Å². The molecule has 4 heterocycles. The molecule has 1 saturated heterocycles. The van der Waals surface area contributed by atoms with Crippen LogP contribution in [0.15, 0.2) is 47.0 Å². The average molecular weight is 437 g/mol. The zero-order valence-electron chi connectivity index (χ0n) is 14.5. The second kappa shape index (κ2) is 7.50. The van der Waals surface area contributed by atoms with Crippen LogP contribution in [0.4, 0.5) is 5.82 Å². The third kappa shape index (κ3) is 3.31. The van der Waals surface area contributed by atoms with E-state index in [0.29, 0.717) is 30.3 Å². The number of rotatable bonds is 2. The average Bonchev–Trinajstić information content (AvgIpc) is 3.06. The van der Waals surface area contributed by atoms with Crippen LogP contribution in [0.5, 0.6) is 5.75 Å². The van der Waals surface area contributed by atoms with E-state index in [2.05, 4.69) is 9.88 Å². The summed E-state index contributed by atoms with van der Waals surface area (Å²) in [7, 11) is 0. The Morgan fingerprint density at radius 2 is 1.89 bits per heavy atom. The number of pyridine rings is 1. The molecule has 4 aromatic rings. The minimum Gasteiger partial charge on any atom is -0.508 e. The van der Waals surface area contributed by atoms with E-state index >= 15 is 0 Å². The molecular weight excluding hydrogens is 421 g/mol. The number of morpholine rings is 1. The molecule has 0 spiro atoms. The van der Waals surface area contributed by atoms with Crippen LogP contribution >= 0.6 is 0 Å². The van der Waals surface area contributed by atoms with Crippen molar-refractivity contribution in [3.05, 3.63) is 42.6 Å². The molecule has 0 amide bonds. The number of anilines is 1. The van der Waals surface area contributed by atoms with E-state index in [-0.39, 0.29) is 38.5 Å². The van der Waals surface area contributed by atoms with E-state index in [1.807, 2.05) is 18.2 Å². The number of ether oxygens (including phenoxy) is 1. The van der Waals surface area contributed by atoms with Gasteiger partial charge in [0.05, 0.1) is 18.6 Å². The molecule has 8 heteroatoms. The van der Waals surface area contributed by atoms with Crippen LogP contribution in [0.2, 0.25) is 0 Å². The van der Waals surface area contributed by atoms with Gasteiger partial charge in [0, 0.05) is 57.6 Å². The predicted octanol–water partition coefficient (Wildman–Crippen LogP) is 2.98. The molecule has 0 atom stereocenters. The summed E-state index contributed by atoms with van der Waals surface area (Å²) in [6, 6.07) is 10.7. The van der Waals surface area contributed by atoms with Crippen molar-refractivity contribution in [2.45, 2.75) is 0 Å². The third-order valence-corrected chi connectivity index (χ3v) is 4.49. The number of aromatic hydroxyl groups is 1. The fourth-order valence-electron chi connectivity index (χ4n) is 3.23. The van der Waals surface area contributed by atoms with Gasteiger partial charge in [-0.2, -0.15) is 0 Å². The molecule has 3 aromatic heterocycles. The summed E-state index contributed by atoms with van der Waals surface area (Å²) in [5, 5.41) is 10.7. The Kier molecular flexibility index (Phi) is 5.08. The van der Waals surface area contributed by atoms with Crippen molar-refractivity contribution in [1.82, 2.24) is 15.0 Å². The van der Waals surface area contributed by atoms with Gasteiger partial charge in [-0.3, -0.25) is 0 Å². The summed E-state index contributed by atoms with van der Waals surface area (Å²) in [5.41, 5.74) is 2.64. The smallest absolute Gasteiger partial charge is 0.229 e. The molecule has 5 rings (SSSR count). The van der Waals surface area contributed by atoms with Gasteiger partial charge < -0.3 is 19.2 Å². The maximum Gasteiger partial charge on any atom is 0.229 e. The van der Waals surface area contributed by atoms with Gasteiger partial charge in [0.2, 0.25) is 5.71 Å². The molecule has 1 fully saturated rings. The summed E-state index contributed by atoms with van der Waals surface area (Å²) in [6.45, 7) is 2.75. The molecule has 0 bridgehead atoms. The zero-order chi connectivity index (χ0) is 17.5. The van der Waals surface area contributed by atoms with E-state index in [0.717, 1.165) is 35.4 Å². The molecule has 0 saturated carbocycles. The topological polar surface area (TPSA) is 84.5 Å². The summed E-state index contributed by atoms with van der Waals surface area (Å²) in [4.78, 5) is 15.9. The number of furan rings is 1. The fourth-order valence-corrected chi connectivity index (χ4v) is 3.23. The van der Waals surface area contributed by atoms with Crippen LogP contribution in [-0.2, 0) is 37.4 Å². The molecule has 1 aromatic carbocycles. The first kappa shape index (κ1) is 18.3. The number of hydrogen-bond acceptors (Lipinski definition) is 7. The van der Waals surface area contributed by atoms with Crippen molar-refractivity contribution >= 4 is 28.0 Å². The first-order valence-corrected chi connectivity index (χ1v) is 8.47. The Morgan fingerprint density at radius 3 is 2.70 bits per heavy atom. The normalized spacial score (nSPS) is 14.4. The number of phenols is 1. The Bertz CT molecular complexity index is 1110. The van der Waals surface area contributed by atoms with Gasteiger partial charge in [-0.1, -0.05) is 12.1 Å². The quantitative estimate of drug-likeness (QED) is 0.516. The Hall–Kier alpha value is -2.09. The van der Waals surface area contributed by atoms with E-state index < -0.39 is 0 Å². The third-order valence-electron chi connectivity index (χ3n) is 4.49. The molecule has 27 heavy (non-hydrogen) atoms. The van der Waals surface area contributed by atoms with Crippen molar-refractivity contribution < 1.29 is 47.0 Å². The molecular formula is C19H16N4O3Y. The molecule has 7 nitrogen and oxygen atoms in total. The molecule has 1 radical (unpaired) electrons. The number of nitrogens with zero attached hydrogens (tertiary/aromatic N) is 4.